The smallest absolute Gasteiger partial charge is 0.257 e. The minimum Gasteiger partial charge on any atom is -0.497 e. The van der Waals surface area contributed by atoms with Gasteiger partial charge in [-0.2, -0.15) is 4.98 Å². The van der Waals surface area contributed by atoms with E-state index in [0.717, 1.165) is 42.9 Å². The third-order valence-electron chi connectivity index (χ3n) is 5.45. The van der Waals surface area contributed by atoms with Crippen molar-refractivity contribution in [1.82, 2.24) is 15.0 Å². The number of hydrogen-bond acceptors (Lipinski definition) is 6. The van der Waals surface area contributed by atoms with Gasteiger partial charge in [-0.3, -0.25) is 9.69 Å². The Morgan fingerprint density at radius 2 is 1.83 bits per heavy atom. The second kappa shape index (κ2) is 9.09. The number of anilines is 1. The molecular formula is C23H26N4O3. The van der Waals surface area contributed by atoms with Crippen molar-refractivity contribution < 1.29 is 14.1 Å². The van der Waals surface area contributed by atoms with Crippen molar-refractivity contribution in [1.29, 1.82) is 0 Å². The number of aryl methyl sites for hydroxylation is 1. The topological polar surface area (TPSA) is 80.5 Å². The maximum atomic E-state index is 12.6. The van der Waals surface area contributed by atoms with Crippen LogP contribution in [0.25, 0.3) is 11.5 Å². The molecule has 156 valence electrons. The standard InChI is InChI=1S/C23H26N4O3/c1-16-3-5-18(6-4-16)23-25-21(26-30-23)15-27-13-11-17(12-14-27)22(28)24-19-7-9-20(29-2)10-8-19/h3-10,17H,11-15H2,1-2H3,(H,24,28). The number of hydrogen-bond donors (Lipinski definition) is 1. The van der Waals surface area contributed by atoms with E-state index < -0.39 is 0 Å². The Kier molecular flexibility index (Phi) is 6.09. The third-order valence-corrected chi connectivity index (χ3v) is 5.45. The van der Waals surface area contributed by atoms with Gasteiger partial charge in [-0.1, -0.05) is 22.9 Å². The van der Waals surface area contributed by atoms with Crippen LogP contribution < -0.4 is 10.1 Å². The van der Waals surface area contributed by atoms with Crippen molar-refractivity contribution in [2.75, 3.05) is 25.5 Å². The number of carbonyl (C=O) groups excluding carboxylic acids is 1. The summed E-state index contributed by atoms with van der Waals surface area (Å²) in [7, 11) is 1.62. The highest BCUT2D eigenvalue weighted by Gasteiger charge is 2.26. The Bertz CT molecular complexity index is 974. The maximum absolute atomic E-state index is 12.6. The number of likely N-dealkylation sites (tertiary alicyclic amines) is 1. The zero-order valence-electron chi connectivity index (χ0n) is 17.3. The van der Waals surface area contributed by atoms with Crippen LogP contribution in [0, 0.1) is 12.8 Å². The number of nitrogens with one attached hydrogen (secondary N) is 1. The van der Waals surface area contributed by atoms with Crippen LogP contribution >= 0.6 is 0 Å². The summed E-state index contributed by atoms with van der Waals surface area (Å²) in [6.07, 6.45) is 1.62. The monoisotopic (exact) mass is 406 g/mol. The second-order valence-electron chi connectivity index (χ2n) is 7.65. The molecule has 30 heavy (non-hydrogen) atoms. The Morgan fingerprint density at radius 1 is 1.13 bits per heavy atom. The Labute approximate surface area is 176 Å². The van der Waals surface area contributed by atoms with E-state index in [9.17, 15) is 4.79 Å². The van der Waals surface area contributed by atoms with Gasteiger partial charge in [-0.25, -0.2) is 0 Å². The van der Waals surface area contributed by atoms with Gasteiger partial charge in [0.15, 0.2) is 5.82 Å². The van der Waals surface area contributed by atoms with Crippen LogP contribution in [0.4, 0.5) is 5.69 Å². The Hall–Kier alpha value is -3.19. The summed E-state index contributed by atoms with van der Waals surface area (Å²) < 4.78 is 10.6. The van der Waals surface area contributed by atoms with Crippen molar-refractivity contribution in [2.24, 2.45) is 5.92 Å². The predicted molar refractivity (Wildman–Crippen MR) is 114 cm³/mol. The summed E-state index contributed by atoms with van der Waals surface area (Å²) in [4.78, 5) is 19.4. The minimum atomic E-state index is 0.0109. The van der Waals surface area contributed by atoms with Crippen molar-refractivity contribution in [3.63, 3.8) is 0 Å². The van der Waals surface area contributed by atoms with Gasteiger partial charge in [0, 0.05) is 17.2 Å². The van der Waals surface area contributed by atoms with Crippen LogP contribution in [0.15, 0.2) is 53.1 Å². The molecular weight excluding hydrogens is 380 g/mol. The van der Waals surface area contributed by atoms with Gasteiger partial charge in [-0.15, -0.1) is 0 Å². The molecule has 1 aliphatic heterocycles. The van der Waals surface area contributed by atoms with E-state index in [1.165, 1.54) is 5.56 Å². The summed E-state index contributed by atoms with van der Waals surface area (Å²) >= 11 is 0. The van der Waals surface area contributed by atoms with E-state index in [0.29, 0.717) is 18.3 Å². The fraction of sp³-hybridized carbons (Fsp3) is 0.348. The van der Waals surface area contributed by atoms with Gasteiger partial charge in [0.25, 0.3) is 5.89 Å². The molecule has 3 aromatic rings. The third kappa shape index (κ3) is 4.86. The van der Waals surface area contributed by atoms with Crippen molar-refractivity contribution in [2.45, 2.75) is 26.3 Å². The number of piperidine rings is 1. The normalized spacial score (nSPS) is 15.1. The van der Waals surface area contributed by atoms with Crippen LogP contribution in [-0.2, 0) is 11.3 Å². The summed E-state index contributed by atoms with van der Waals surface area (Å²) in [5.41, 5.74) is 2.91. The Morgan fingerprint density at radius 3 is 2.50 bits per heavy atom. The number of benzene rings is 2. The highest BCUT2D eigenvalue weighted by atomic mass is 16.5. The quantitative estimate of drug-likeness (QED) is 0.669. The molecule has 0 radical (unpaired) electrons. The zero-order chi connectivity index (χ0) is 20.9. The van der Waals surface area contributed by atoms with Gasteiger partial charge in [-0.05, 0) is 69.3 Å². The zero-order valence-corrected chi connectivity index (χ0v) is 17.3. The molecule has 0 spiro atoms. The fourth-order valence-corrected chi connectivity index (χ4v) is 3.60. The largest absolute Gasteiger partial charge is 0.497 e. The molecule has 1 amide bonds. The molecule has 0 atom stereocenters. The number of ether oxygens (including phenoxy) is 1. The molecule has 2 aromatic carbocycles. The molecule has 0 saturated carbocycles. The van der Waals surface area contributed by atoms with E-state index in [2.05, 4.69) is 20.4 Å². The molecule has 7 nitrogen and oxygen atoms in total. The van der Waals surface area contributed by atoms with Gasteiger partial charge >= 0.3 is 0 Å². The number of methoxy groups -OCH3 is 1. The molecule has 1 aromatic heterocycles. The van der Waals surface area contributed by atoms with Gasteiger partial charge in [0.05, 0.1) is 13.7 Å². The van der Waals surface area contributed by atoms with Crippen LogP contribution in [0.3, 0.4) is 0 Å². The lowest BCUT2D eigenvalue weighted by Gasteiger charge is -2.30. The minimum absolute atomic E-state index is 0.0109. The first-order valence-electron chi connectivity index (χ1n) is 10.2. The number of aromatic nitrogens is 2. The van der Waals surface area contributed by atoms with Crippen LogP contribution in [-0.4, -0.2) is 41.1 Å². The lowest BCUT2D eigenvalue weighted by molar-refractivity contribution is -0.121. The predicted octanol–water partition coefficient (Wildman–Crippen LogP) is 3.90. The van der Waals surface area contributed by atoms with E-state index in [-0.39, 0.29) is 11.8 Å². The number of amides is 1. The lowest BCUT2D eigenvalue weighted by Crippen LogP contribution is -2.38. The summed E-state index contributed by atoms with van der Waals surface area (Å²) in [6, 6.07) is 15.4. The molecule has 0 unspecified atom stereocenters. The highest BCUT2D eigenvalue weighted by molar-refractivity contribution is 5.92. The lowest BCUT2D eigenvalue weighted by atomic mass is 9.96. The van der Waals surface area contributed by atoms with Crippen molar-refractivity contribution in [3.05, 3.63) is 59.9 Å². The summed E-state index contributed by atoms with van der Waals surface area (Å²) in [6.45, 7) is 4.33. The molecule has 0 bridgehead atoms. The first-order valence-corrected chi connectivity index (χ1v) is 10.2. The van der Waals surface area contributed by atoms with Crippen LogP contribution in [0.5, 0.6) is 5.75 Å². The Balaban J connectivity index is 1.27. The van der Waals surface area contributed by atoms with Crippen LogP contribution in [0.1, 0.15) is 24.2 Å². The molecule has 7 heteroatoms. The van der Waals surface area contributed by atoms with E-state index in [4.69, 9.17) is 9.26 Å². The average molecular weight is 406 g/mol. The second-order valence-corrected chi connectivity index (χ2v) is 7.65. The number of nitrogens with zero attached hydrogens (tertiary/aromatic N) is 3. The van der Waals surface area contributed by atoms with Gasteiger partial charge < -0.3 is 14.6 Å². The summed E-state index contributed by atoms with van der Waals surface area (Å²) in [5, 5.41) is 7.12. The van der Waals surface area contributed by atoms with E-state index in [1.54, 1.807) is 7.11 Å². The number of rotatable bonds is 6. The summed E-state index contributed by atoms with van der Waals surface area (Å²) in [5.74, 6) is 2.07. The van der Waals surface area contributed by atoms with Crippen LogP contribution in [0.2, 0.25) is 0 Å². The molecule has 1 N–H and O–H groups in total. The van der Waals surface area contributed by atoms with Crippen molar-refractivity contribution >= 4 is 11.6 Å². The fourth-order valence-electron chi connectivity index (χ4n) is 3.60. The molecule has 2 heterocycles. The molecule has 4 rings (SSSR count). The number of carbonyl (C=O) groups is 1. The highest BCUT2D eigenvalue weighted by Crippen LogP contribution is 2.23. The van der Waals surface area contributed by atoms with Gasteiger partial charge in [0.2, 0.25) is 5.91 Å². The molecule has 1 fully saturated rings. The molecule has 0 aliphatic carbocycles. The molecule has 1 aliphatic rings. The average Bonchev–Trinajstić information content (AvgIpc) is 3.23. The first-order chi connectivity index (χ1) is 14.6. The van der Waals surface area contributed by atoms with Gasteiger partial charge in [0.1, 0.15) is 5.75 Å². The van der Waals surface area contributed by atoms with E-state index in [1.807, 2.05) is 55.5 Å². The maximum Gasteiger partial charge on any atom is 0.257 e. The van der Waals surface area contributed by atoms with E-state index >= 15 is 0 Å². The first kappa shape index (κ1) is 20.1. The van der Waals surface area contributed by atoms with Crippen molar-refractivity contribution in [3.8, 4) is 17.2 Å². The SMILES string of the molecule is COc1ccc(NC(=O)C2CCN(Cc3noc(-c4ccc(C)cc4)n3)CC2)cc1. The molecule has 1 saturated heterocycles.